The largest absolute Gasteiger partial charge is 0.356 e. The molecule has 0 spiro atoms. The minimum Gasteiger partial charge on any atom is -0.356 e. The Morgan fingerprint density at radius 3 is 2.52 bits per heavy atom. The van der Waals surface area contributed by atoms with Gasteiger partial charge in [-0.1, -0.05) is 92.2 Å². The van der Waals surface area contributed by atoms with E-state index >= 15 is 0 Å². The number of carbonyl (C=O) groups is 1. The molecule has 0 bridgehead atoms. The molecule has 0 radical (unpaired) electrons. The summed E-state index contributed by atoms with van der Waals surface area (Å²) in [6.07, 6.45) is 6.83. The van der Waals surface area contributed by atoms with Gasteiger partial charge in [0.15, 0.2) is 5.50 Å². The third-order valence-electron chi connectivity index (χ3n) is 6.53. The van der Waals surface area contributed by atoms with Crippen LogP contribution in [0, 0.1) is 5.92 Å². The van der Waals surface area contributed by atoms with Gasteiger partial charge in [-0.3, -0.25) is 4.79 Å². The maximum absolute atomic E-state index is 13.7. The molecule has 31 heavy (non-hydrogen) atoms. The molecule has 1 saturated heterocycles. The van der Waals surface area contributed by atoms with Gasteiger partial charge in [0.05, 0.1) is 4.91 Å². The number of hydrogen-bond donors (Lipinski definition) is 1. The van der Waals surface area contributed by atoms with Crippen LogP contribution in [0.4, 0.5) is 5.69 Å². The van der Waals surface area contributed by atoms with Crippen molar-refractivity contribution in [1.29, 1.82) is 0 Å². The maximum atomic E-state index is 13.7. The zero-order chi connectivity index (χ0) is 21.2. The van der Waals surface area contributed by atoms with Gasteiger partial charge in [-0.15, -0.1) is 0 Å². The van der Waals surface area contributed by atoms with Crippen LogP contribution in [0.2, 0.25) is 0 Å². The minimum atomic E-state index is -0.0818. The number of fused-ring (bicyclic) bond motifs is 1. The molecule has 3 atom stereocenters. The molecule has 158 valence electrons. The molecule has 1 heterocycles. The summed E-state index contributed by atoms with van der Waals surface area (Å²) in [7, 11) is 0. The van der Waals surface area contributed by atoms with Crippen molar-refractivity contribution >= 4 is 40.2 Å². The third-order valence-corrected chi connectivity index (χ3v) is 7.65. The summed E-state index contributed by atoms with van der Waals surface area (Å²) in [6.45, 7) is 2.30. The molecule has 1 aliphatic heterocycles. The van der Waals surface area contributed by atoms with Gasteiger partial charge in [-0.05, 0) is 53.3 Å². The van der Waals surface area contributed by atoms with Crippen LogP contribution in [-0.2, 0) is 4.79 Å². The van der Waals surface area contributed by atoms with E-state index in [1.807, 2.05) is 18.2 Å². The Kier molecular flexibility index (Phi) is 5.73. The van der Waals surface area contributed by atoms with Crippen LogP contribution in [0.1, 0.15) is 38.2 Å². The maximum Gasteiger partial charge on any atom is 0.262 e. The summed E-state index contributed by atoms with van der Waals surface area (Å²) in [5.41, 5.74) is 2.07. The van der Waals surface area contributed by atoms with Gasteiger partial charge in [0, 0.05) is 11.7 Å². The fraction of sp³-hybridized carbons (Fsp3) is 0.296. The Morgan fingerprint density at radius 2 is 1.68 bits per heavy atom. The normalized spacial score (nSPS) is 25.3. The van der Waals surface area contributed by atoms with E-state index in [2.05, 4.69) is 77.8 Å². The van der Waals surface area contributed by atoms with Crippen molar-refractivity contribution in [2.45, 2.75) is 44.1 Å². The van der Waals surface area contributed by atoms with Gasteiger partial charge >= 0.3 is 0 Å². The molecule has 3 aromatic rings. The van der Waals surface area contributed by atoms with Crippen LogP contribution >= 0.6 is 11.8 Å². The molecule has 3 aromatic carbocycles. The van der Waals surface area contributed by atoms with E-state index in [1.54, 1.807) is 11.8 Å². The zero-order valence-electron chi connectivity index (χ0n) is 17.8. The topological polar surface area (TPSA) is 32.3 Å². The van der Waals surface area contributed by atoms with Crippen molar-refractivity contribution in [1.82, 2.24) is 4.90 Å². The molecule has 1 unspecified atom stereocenters. The van der Waals surface area contributed by atoms with Crippen molar-refractivity contribution < 1.29 is 4.79 Å². The Balaban J connectivity index is 1.51. The van der Waals surface area contributed by atoms with Gasteiger partial charge in [0.1, 0.15) is 0 Å². The Morgan fingerprint density at radius 1 is 0.935 bits per heavy atom. The van der Waals surface area contributed by atoms with Crippen molar-refractivity contribution in [3.05, 3.63) is 83.3 Å². The van der Waals surface area contributed by atoms with E-state index in [9.17, 15) is 4.79 Å². The molecule has 3 nitrogen and oxygen atoms in total. The number of amides is 1. The van der Waals surface area contributed by atoms with Crippen LogP contribution in [0.5, 0.6) is 0 Å². The van der Waals surface area contributed by atoms with Gasteiger partial charge in [0.25, 0.3) is 5.91 Å². The molecular weight excluding hydrogens is 400 g/mol. The first kappa shape index (κ1) is 20.2. The second-order valence-electron chi connectivity index (χ2n) is 8.60. The molecule has 1 aliphatic carbocycles. The first-order chi connectivity index (χ1) is 15.2. The van der Waals surface area contributed by atoms with E-state index in [-0.39, 0.29) is 17.4 Å². The first-order valence-corrected chi connectivity index (χ1v) is 12.1. The smallest absolute Gasteiger partial charge is 0.262 e. The Bertz CT molecular complexity index is 1110. The number of para-hydroxylation sites is 1. The summed E-state index contributed by atoms with van der Waals surface area (Å²) in [5, 5.41) is 6.00. The predicted molar refractivity (Wildman–Crippen MR) is 132 cm³/mol. The lowest BCUT2D eigenvalue weighted by molar-refractivity contribution is -0.129. The highest BCUT2D eigenvalue weighted by Gasteiger charge is 2.42. The molecule has 1 saturated carbocycles. The average molecular weight is 429 g/mol. The number of nitrogens with zero attached hydrogens (tertiary/aromatic N) is 1. The summed E-state index contributed by atoms with van der Waals surface area (Å²) in [5.74, 6) is 0.681. The second kappa shape index (κ2) is 8.80. The number of benzene rings is 3. The molecule has 4 heteroatoms. The molecule has 1 amide bonds. The van der Waals surface area contributed by atoms with Gasteiger partial charge in [0.2, 0.25) is 0 Å². The zero-order valence-corrected chi connectivity index (χ0v) is 18.6. The molecule has 5 rings (SSSR count). The quantitative estimate of drug-likeness (QED) is 0.468. The van der Waals surface area contributed by atoms with Crippen molar-refractivity contribution in [2.24, 2.45) is 5.92 Å². The average Bonchev–Trinajstić information content (AvgIpc) is 3.09. The van der Waals surface area contributed by atoms with E-state index in [1.165, 1.54) is 30.0 Å². The fourth-order valence-electron chi connectivity index (χ4n) is 4.88. The van der Waals surface area contributed by atoms with Crippen molar-refractivity contribution in [3.63, 3.8) is 0 Å². The molecule has 2 fully saturated rings. The van der Waals surface area contributed by atoms with Crippen LogP contribution in [0.25, 0.3) is 16.8 Å². The predicted octanol–water partition coefficient (Wildman–Crippen LogP) is 6.73. The van der Waals surface area contributed by atoms with Crippen LogP contribution in [0.15, 0.2) is 77.7 Å². The highest BCUT2D eigenvalue weighted by Crippen LogP contribution is 2.42. The lowest BCUT2D eigenvalue weighted by Gasteiger charge is -2.39. The van der Waals surface area contributed by atoms with Crippen LogP contribution in [0.3, 0.4) is 0 Å². The Labute approximate surface area is 188 Å². The Hall–Kier alpha value is -2.72. The summed E-state index contributed by atoms with van der Waals surface area (Å²) in [6, 6.07) is 25.2. The van der Waals surface area contributed by atoms with Crippen LogP contribution in [-0.4, -0.2) is 22.3 Å². The molecule has 1 N–H and O–H groups in total. The van der Waals surface area contributed by atoms with Crippen LogP contribution < -0.4 is 5.32 Å². The van der Waals surface area contributed by atoms with E-state index < -0.39 is 0 Å². The summed E-state index contributed by atoms with van der Waals surface area (Å²) >= 11 is 1.65. The lowest BCUT2D eigenvalue weighted by Crippen LogP contribution is -2.48. The standard InChI is InChI=1S/C27H28N2OS/c1-19-10-5-8-17-24(19)29-26(30)25(31-27(29)28-22-14-3-2-4-15-22)18-21-13-9-12-20-11-6-7-16-23(20)21/h2-4,6-7,9,11-16,18-19,24,27-28H,5,8,10,17H2,1H3/b25-18-/t19-,24+,27?/m1/s1. The number of thioether (sulfide) groups is 1. The van der Waals surface area contributed by atoms with E-state index in [4.69, 9.17) is 0 Å². The van der Waals surface area contributed by atoms with E-state index in [0.29, 0.717) is 5.92 Å². The number of rotatable bonds is 4. The number of hydrogen-bond acceptors (Lipinski definition) is 3. The summed E-state index contributed by atoms with van der Waals surface area (Å²) in [4.78, 5) is 16.6. The molecule has 0 aromatic heterocycles. The third kappa shape index (κ3) is 4.09. The van der Waals surface area contributed by atoms with Gasteiger partial charge in [-0.2, -0.15) is 0 Å². The first-order valence-electron chi connectivity index (χ1n) is 11.2. The highest BCUT2D eigenvalue weighted by molar-refractivity contribution is 8.05. The second-order valence-corrected chi connectivity index (χ2v) is 9.72. The monoisotopic (exact) mass is 428 g/mol. The van der Waals surface area contributed by atoms with Crippen molar-refractivity contribution in [3.8, 4) is 0 Å². The SMILES string of the molecule is C[C@@H]1CCCC[C@@H]1N1C(=O)/C(=C/c2cccc3ccccc23)SC1Nc1ccccc1. The number of nitrogens with one attached hydrogen (secondary N) is 1. The number of carbonyl (C=O) groups excluding carboxylic acids is 1. The van der Waals surface area contributed by atoms with Gasteiger partial charge < -0.3 is 10.2 Å². The van der Waals surface area contributed by atoms with Gasteiger partial charge in [-0.25, -0.2) is 0 Å². The highest BCUT2D eigenvalue weighted by atomic mass is 32.2. The molecular formula is C27H28N2OS. The van der Waals surface area contributed by atoms with E-state index in [0.717, 1.165) is 22.6 Å². The van der Waals surface area contributed by atoms with Crippen molar-refractivity contribution in [2.75, 3.05) is 5.32 Å². The minimum absolute atomic E-state index is 0.0818. The summed E-state index contributed by atoms with van der Waals surface area (Å²) < 4.78 is 0. The number of anilines is 1. The fourth-order valence-corrected chi connectivity index (χ4v) is 6.09. The lowest BCUT2D eigenvalue weighted by atomic mass is 9.85. The molecule has 2 aliphatic rings.